The second-order valence-electron chi connectivity index (χ2n) is 3.98. The van der Waals surface area contributed by atoms with E-state index >= 15 is 0 Å². The summed E-state index contributed by atoms with van der Waals surface area (Å²) in [5, 5.41) is 0. The maximum absolute atomic E-state index is 13.1. The zero-order chi connectivity index (χ0) is 13.8. The number of halogens is 4. The van der Waals surface area contributed by atoms with Crippen LogP contribution in [0.1, 0.15) is 18.5 Å². The van der Waals surface area contributed by atoms with Crippen LogP contribution in [0, 0.1) is 5.82 Å². The number of nitrogens with two attached hydrogens (primary N) is 1. The second kappa shape index (κ2) is 6.15. The Balaban J connectivity index is 2.93. The van der Waals surface area contributed by atoms with Gasteiger partial charge in [-0.05, 0) is 24.2 Å². The first-order valence-corrected chi connectivity index (χ1v) is 5.63. The number of hydrogen-bond acceptors (Lipinski definition) is 2. The largest absolute Gasteiger partial charge is 0.401 e. The lowest BCUT2D eigenvalue weighted by Crippen LogP contribution is -2.40. The SMILES string of the molecule is CCN(CC(F)(F)F)C(CN)c1cccc(F)c1. The van der Waals surface area contributed by atoms with Crippen molar-refractivity contribution in [2.75, 3.05) is 19.6 Å². The van der Waals surface area contributed by atoms with Crippen LogP contribution in [0.15, 0.2) is 24.3 Å². The fourth-order valence-electron chi connectivity index (χ4n) is 1.88. The Bertz CT molecular complexity index is 379. The van der Waals surface area contributed by atoms with Crippen molar-refractivity contribution in [1.82, 2.24) is 4.90 Å². The minimum Gasteiger partial charge on any atom is -0.329 e. The Morgan fingerprint density at radius 2 is 2.00 bits per heavy atom. The van der Waals surface area contributed by atoms with Gasteiger partial charge in [0.25, 0.3) is 0 Å². The highest BCUT2D eigenvalue weighted by atomic mass is 19.4. The van der Waals surface area contributed by atoms with Crippen LogP contribution in [0.25, 0.3) is 0 Å². The van der Waals surface area contributed by atoms with Crippen LogP contribution in [0.3, 0.4) is 0 Å². The van der Waals surface area contributed by atoms with Crippen molar-refractivity contribution in [3.63, 3.8) is 0 Å². The molecule has 1 atom stereocenters. The Labute approximate surface area is 103 Å². The summed E-state index contributed by atoms with van der Waals surface area (Å²) in [5.41, 5.74) is 5.98. The smallest absolute Gasteiger partial charge is 0.329 e. The molecule has 102 valence electrons. The highest BCUT2D eigenvalue weighted by molar-refractivity contribution is 5.20. The first-order chi connectivity index (χ1) is 8.37. The number of nitrogens with zero attached hydrogens (tertiary/aromatic N) is 1. The van der Waals surface area contributed by atoms with Crippen LogP contribution in [0.5, 0.6) is 0 Å². The Morgan fingerprint density at radius 3 is 2.44 bits per heavy atom. The molecule has 1 unspecified atom stereocenters. The topological polar surface area (TPSA) is 29.3 Å². The Hall–Kier alpha value is -1.14. The molecular formula is C12H16F4N2. The highest BCUT2D eigenvalue weighted by Crippen LogP contribution is 2.25. The number of benzene rings is 1. The third kappa shape index (κ3) is 4.27. The molecule has 0 aliphatic carbocycles. The first-order valence-electron chi connectivity index (χ1n) is 5.63. The number of rotatable bonds is 5. The summed E-state index contributed by atoms with van der Waals surface area (Å²) in [5.74, 6) is -0.478. The maximum atomic E-state index is 13.1. The summed E-state index contributed by atoms with van der Waals surface area (Å²) in [6.45, 7) is 0.765. The molecule has 0 fully saturated rings. The predicted molar refractivity (Wildman–Crippen MR) is 61.5 cm³/mol. The van der Waals surface area contributed by atoms with Gasteiger partial charge < -0.3 is 5.73 Å². The zero-order valence-corrected chi connectivity index (χ0v) is 10.0. The molecule has 1 rings (SSSR count). The molecule has 0 spiro atoms. The minimum atomic E-state index is -4.29. The van der Waals surface area contributed by atoms with Crippen molar-refractivity contribution in [2.45, 2.75) is 19.1 Å². The average molecular weight is 264 g/mol. The molecule has 0 amide bonds. The van der Waals surface area contributed by atoms with Gasteiger partial charge >= 0.3 is 6.18 Å². The third-order valence-electron chi connectivity index (χ3n) is 2.69. The lowest BCUT2D eigenvalue weighted by Gasteiger charge is -2.30. The van der Waals surface area contributed by atoms with Crippen molar-refractivity contribution in [3.8, 4) is 0 Å². The lowest BCUT2D eigenvalue weighted by molar-refractivity contribution is -0.150. The van der Waals surface area contributed by atoms with Crippen LogP contribution >= 0.6 is 0 Å². The zero-order valence-electron chi connectivity index (χ0n) is 10.0. The predicted octanol–water partition coefficient (Wildman–Crippen LogP) is 2.71. The van der Waals surface area contributed by atoms with E-state index < -0.39 is 24.6 Å². The molecule has 2 nitrogen and oxygen atoms in total. The molecule has 1 aromatic carbocycles. The van der Waals surface area contributed by atoms with Crippen molar-refractivity contribution in [3.05, 3.63) is 35.6 Å². The summed E-state index contributed by atoms with van der Waals surface area (Å²) in [6, 6.07) is 4.88. The number of hydrogen-bond donors (Lipinski definition) is 1. The first kappa shape index (κ1) is 14.9. The summed E-state index contributed by atoms with van der Waals surface area (Å²) in [4.78, 5) is 1.19. The normalized spacial score (nSPS) is 13.9. The molecule has 0 aliphatic rings. The van der Waals surface area contributed by atoms with E-state index in [0.29, 0.717) is 5.56 Å². The van der Waals surface area contributed by atoms with Gasteiger partial charge in [0.2, 0.25) is 0 Å². The molecule has 0 radical (unpaired) electrons. The van der Waals surface area contributed by atoms with Crippen molar-refractivity contribution < 1.29 is 17.6 Å². The van der Waals surface area contributed by atoms with Crippen LogP contribution < -0.4 is 5.73 Å². The number of likely N-dealkylation sites (N-methyl/N-ethyl adjacent to an activating group) is 1. The van der Waals surface area contributed by atoms with E-state index in [4.69, 9.17) is 5.73 Å². The molecule has 0 aliphatic heterocycles. The van der Waals surface area contributed by atoms with E-state index in [1.807, 2.05) is 0 Å². The van der Waals surface area contributed by atoms with Gasteiger partial charge in [0.1, 0.15) is 5.82 Å². The summed E-state index contributed by atoms with van der Waals surface area (Å²) in [6.07, 6.45) is -4.29. The molecular weight excluding hydrogens is 248 g/mol. The third-order valence-corrected chi connectivity index (χ3v) is 2.69. The molecule has 0 aromatic heterocycles. The van der Waals surface area contributed by atoms with E-state index in [2.05, 4.69) is 0 Å². The standard InChI is InChI=1S/C12H16F4N2/c1-2-18(8-12(14,15)16)11(7-17)9-4-3-5-10(13)6-9/h3-6,11H,2,7-8,17H2,1H3. The second-order valence-corrected chi connectivity index (χ2v) is 3.98. The van der Waals surface area contributed by atoms with Gasteiger partial charge in [-0.3, -0.25) is 4.90 Å². The van der Waals surface area contributed by atoms with Crippen LogP contribution in [-0.2, 0) is 0 Å². The fraction of sp³-hybridized carbons (Fsp3) is 0.500. The Kier molecular flexibility index (Phi) is 5.10. The van der Waals surface area contributed by atoms with Gasteiger partial charge in [-0.1, -0.05) is 19.1 Å². The Morgan fingerprint density at radius 1 is 1.33 bits per heavy atom. The van der Waals surface area contributed by atoms with Crippen LogP contribution in [-0.4, -0.2) is 30.7 Å². The minimum absolute atomic E-state index is 0.00731. The monoisotopic (exact) mass is 264 g/mol. The molecule has 0 heterocycles. The van der Waals surface area contributed by atoms with Gasteiger partial charge in [-0.2, -0.15) is 13.2 Å². The van der Waals surface area contributed by atoms with Gasteiger partial charge in [-0.25, -0.2) is 4.39 Å². The van der Waals surface area contributed by atoms with E-state index in [0.717, 1.165) is 0 Å². The molecule has 1 aromatic rings. The van der Waals surface area contributed by atoms with Gasteiger partial charge in [0.05, 0.1) is 6.54 Å². The molecule has 0 saturated carbocycles. The van der Waals surface area contributed by atoms with E-state index in [1.54, 1.807) is 13.0 Å². The maximum Gasteiger partial charge on any atom is 0.401 e. The van der Waals surface area contributed by atoms with Crippen LogP contribution in [0.2, 0.25) is 0 Å². The van der Waals surface area contributed by atoms with Crippen molar-refractivity contribution in [1.29, 1.82) is 0 Å². The number of alkyl halides is 3. The lowest BCUT2D eigenvalue weighted by atomic mass is 10.1. The van der Waals surface area contributed by atoms with E-state index in [1.165, 1.54) is 23.1 Å². The quantitative estimate of drug-likeness (QED) is 0.828. The molecule has 18 heavy (non-hydrogen) atoms. The van der Waals surface area contributed by atoms with Gasteiger partial charge in [-0.15, -0.1) is 0 Å². The summed E-state index contributed by atoms with van der Waals surface area (Å²) in [7, 11) is 0. The van der Waals surface area contributed by atoms with Crippen LogP contribution in [0.4, 0.5) is 17.6 Å². The van der Waals surface area contributed by atoms with E-state index in [9.17, 15) is 17.6 Å². The fourth-order valence-corrected chi connectivity index (χ4v) is 1.88. The summed E-state index contributed by atoms with van der Waals surface area (Å²) >= 11 is 0. The molecule has 0 saturated heterocycles. The summed E-state index contributed by atoms with van der Waals surface area (Å²) < 4.78 is 50.4. The van der Waals surface area contributed by atoms with Crippen molar-refractivity contribution >= 4 is 0 Å². The van der Waals surface area contributed by atoms with Gasteiger partial charge in [0.15, 0.2) is 0 Å². The molecule has 6 heteroatoms. The van der Waals surface area contributed by atoms with E-state index in [-0.39, 0.29) is 13.1 Å². The van der Waals surface area contributed by atoms with Crippen molar-refractivity contribution in [2.24, 2.45) is 5.73 Å². The van der Waals surface area contributed by atoms with Gasteiger partial charge in [0, 0.05) is 12.6 Å². The highest BCUT2D eigenvalue weighted by Gasteiger charge is 2.33. The average Bonchev–Trinajstić information content (AvgIpc) is 2.27. The molecule has 2 N–H and O–H groups in total. The molecule has 0 bridgehead atoms.